The largest absolute Gasteiger partial charge is 0.480 e. The molecule has 1 aromatic rings. The number of nitrogens with zero attached hydrogens (tertiary/aromatic N) is 2. The first kappa shape index (κ1) is 12.1. The molecule has 0 saturated heterocycles. The maximum Gasteiger partial charge on any atom is 0.320 e. The molecule has 0 saturated carbocycles. The van der Waals surface area contributed by atoms with Gasteiger partial charge in [-0.3, -0.25) is 9.69 Å². The lowest BCUT2D eigenvalue weighted by molar-refractivity contribution is -0.143. The monoisotopic (exact) mass is 228 g/mol. The minimum atomic E-state index is -0.775. The standard InChI is InChI=1S/C10H16N2O2S/c1-4-8(10(13)14)12(3)7(2)9-11-5-6-15-9/h5-8H,4H2,1-3H3,(H,13,14). The van der Waals surface area contributed by atoms with E-state index in [4.69, 9.17) is 5.11 Å². The molecular formula is C10H16N2O2S. The average Bonchev–Trinajstić information content (AvgIpc) is 2.69. The number of carbonyl (C=O) groups is 1. The Balaban J connectivity index is 2.75. The molecule has 0 aliphatic heterocycles. The normalized spacial score (nSPS) is 15.2. The molecule has 4 nitrogen and oxygen atoms in total. The van der Waals surface area contributed by atoms with Gasteiger partial charge in [0.15, 0.2) is 0 Å². The lowest BCUT2D eigenvalue weighted by Crippen LogP contribution is -2.39. The van der Waals surface area contributed by atoms with Gasteiger partial charge in [0, 0.05) is 11.6 Å². The maximum absolute atomic E-state index is 11.0. The zero-order chi connectivity index (χ0) is 11.4. The molecule has 0 fully saturated rings. The van der Waals surface area contributed by atoms with E-state index >= 15 is 0 Å². The first-order chi connectivity index (χ1) is 7.07. The van der Waals surface area contributed by atoms with Crippen LogP contribution in [0.1, 0.15) is 31.3 Å². The molecule has 1 aromatic heterocycles. The second-order valence-electron chi connectivity index (χ2n) is 3.47. The van der Waals surface area contributed by atoms with E-state index in [2.05, 4.69) is 4.98 Å². The molecule has 2 atom stereocenters. The number of likely N-dealkylation sites (N-methyl/N-ethyl adjacent to an activating group) is 1. The Kier molecular flexibility index (Phi) is 4.23. The van der Waals surface area contributed by atoms with E-state index in [-0.39, 0.29) is 6.04 Å². The molecule has 0 aliphatic rings. The van der Waals surface area contributed by atoms with Crippen LogP contribution in [0.5, 0.6) is 0 Å². The predicted molar refractivity (Wildman–Crippen MR) is 60.0 cm³/mol. The van der Waals surface area contributed by atoms with Crippen molar-refractivity contribution in [3.63, 3.8) is 0 Å². The van der Waals surface area contributed by atoms with Gasteiger partial charge in [0.05, 0.1) is 6.04 Å². The van der Waals surface area contributed by atoms with Gasteiger partial charge >= 0.3 is 5.97 Å². The fraction of sp³-hybridized carbons (Fsp3) is 0.600. The van der Waals surface area contributed by atoms with Gasteiger partial charge < -0.3 is 5.11 Å². The summed E-state index contributed by atoms with van der Waals surface area (Å²) < 4.78 is 0. The third-order valence-corrected chi connectivity index (χ3v) is 3.53. The van der Waals surface area contributed by atoms with Crippen LogP contribution in [0, 0.1) is 0 Å². The zero-order valence-corrected chi connectivity index (χ0v) is 9.99. The lowest BCUT2D eigenvalue weighted by atomic mass is 10.1. The summed E-state index contributed by atoms with van der Waals surface area (Å²) in [5, 5.41) is 11.9. The number of hydrogen-bond acceptors (Lipinski definition) is 4. The van der Waals surface area contributed by atoms with E-state index in [0.29, 0.717) is 6.42 Å². The van der Waals surface area contributed by atoms with Crippen molar-refractivity contribution in [2.45, 2.75) is 32.4 Å². The Hall–Kier alpha value is -0.940. The minimum absolute atomic E-state index is 0.0473. The molecule has 84 valence electrons. The molecule has 1 heterocycles. The Morgan fingerprint density at radius 3 is 2.80 bits per heavy atom. The van der Waals surface area contributed by atoms with E-state index in [9.17, 15) is 4.79 Å². The topological polar surface area (TPSA) is 53.4 Å². The van der Waals surface area contributed by atoms with Crippen molar-refractivity contribution in [2.24, 2.45) is 0 Å². The number of carboxylic acids is 1. The van der Waals surface area contributed by atoms with Crippen LogP contribution in [-0.4, -0.2) is 34.0 Å². The van der Waals surface area contributed by atoms with Crippen LogP contribution in [0.2, 0.25) is 0 Å². The van der Waals surface area contributed by atoms with E-state index in [0.717, 1.165) is 5.01 Å². The molecule has 0 amide bonds. The number of hydrogen-bond donors (Lipinski definition) is 1. The van der Waals surface area contributed by atoms with Crippen LogP contribution in [0.25, 0.3) is 0 Å². The summed E-state index contributed by atoms with van der Waals surface area (Å²) >= 11 is 1.55. The fourth-order valence-electron chi connectivity index (χ4n) is 1.52. The molecular weight excluding hydrogens is 212 g/mol. The third kappa shape index (κ3) is 2.76. The summed E-state index contributed by atoms with van der Waals surface area (Å²) in [6.07, 6.45) is 2.34. The lowest BCUT2D eigenvalue weighted by Gasteiger charge is -2.28. The number of rotatable bonds is 5. The molecule has 1 N–H and O–H groups in total. The highest BCUT2D eigenvalue weighted by Gasteiger charge is 2.26. The van der Waals surface area contributed by atoms with Gasteiger partial charge in [0.2, 0.25) is 0 Å². The van der Waals surface area contributed by atoms with Crippen LogP contribution in [0.15, 0.2) is 11.6 Å². The summed E-state index contributed by atoms with van der Waals surface area (Å²) in [4.78, 5) is 17.0. The van der Waals surface area contributed by atoms with Crippen molar-refractivity contribution in [1.82, 2.24) is 9.88 Å². The number of thiazole rings is 1. The SMILES string of the molecule is CCC(C(=O)O)N(C)C(C)c1nccs1. The molecule has 0 spiro atoms. The molecule has 0 bridgehead atoms. The van der Waals surface area contributed by atoms with Gasteiger partial charge in [0.1, 0.15) is 11.0 Å². The molecule has 2 unspecified atom stereocenters. The smallest absolute Gasteiger partial charge is 0.320 e. The van der Waals surface area contributed by atoms with Crippen LogP contribution < -0.4 is 0 Å². The summed E-state index contributed by atoms with van der Waals surface area (Å²) in [5.41, 5.74) is 0. The van der Waals surface area contributed by atoms with Gasteiger partial charge in [-0.2, -0.15) is 0 Å². The molecule has 5 heteroatoms. The molecule has 0 aliphatic carbocycles. The summed E-state index contributed by atoms with van der Waals surface area (Å²) in [5.74, 6) is -0.775. The van der Waals surface area contributed by atoms with E-state index in [1.807, 2.05) is 31.2 Å². The summed E-state index contributed by atoms with van der Waals surface area (Å²) in [7, 11) is 1.83. The van der Waals surface area contributed by atoms with Gasteiger partial charge in [-0.1, -0.05) is 6.92 Å². The van der Waals surface area contributed by atoms with Crippen molar-refractivity contribution < 1.29 is 9.90 Å². The highest BCUT2D eigenvalue weighted by molar-refractivity contribution is 7.09. The van der Waals surface area contributed by atoms with Crippen LogP contribution >= 0.6 is 11.3 Å². The van der Waals surface area contributed by atoms with Crippen molar-refractivity contribution in [3.8, 4) is 0 Å². The first-order valence-electron chi connectivity index (χ1n) is 4.92. The highest BCUT2D eigenvalue weighted by Crippen LogP contribution is 2.23. The van der Waals surface area contributed by atoms with Gasteiger partial charge in [-0.15, -0.1) is 11.3 Å². The highest BCUT2D eigenvalue weighted by atomic mass is 32.1. The maximum atomic E-state index is 11.0. The summed E-state index contributed by atoms with van der Waals surface area (Å²) in [6, 6.07) is -0.394. The Morgan fingerprint density at radius 1 is 1.73 bits per heavy atom. The Bertz CT molecular complexity index is 313. The van der Waals surface area contributed by atoms with Gasteiger partial charge in [-0.25, -0.2) is 4.98 Å². The number of aliphatic carboxylic acids is 1. The first-order valence-corrected chi connectivity index (χ1v) is 5.80. The van der Waals surface area contributed by atoms with Crippen LogP contribution in [0.3, 0.4) is 0 Å². The van der Waals surface area contributed by atoms with Crippen LogP contribution in [-0.2, 0) is 4.79 Å². The molecule has 15 heavy (non-hydrogen) atoms. The Labute approximate surface area is 93.6 Å². The van der Waals surface area contributed by atoms with E-state index in [1.54, 1.807) is 17.5 Å². The number of carboxylic acid groups (broad SMARTS) is 1. The zero-order valence-electron chi connectivity index (χ0n) is 9.17. The molecule has 0 radical (unpaired) electrons. The fourth-order valence-corrected chi connectivity index (χ4v) is 2.27. The van der Waals surface area contributed by atoms with E-state index < -0.39 is 12.0 Å². The average molecular weight is 228 g/mol. The van der Waals surface area contributed by atoms with E-state index in [1.165, 1.54) is 0 Å². The second-order valence-corrected chi connectivity index (χ2v) is 4.40. The third-order valence-electron chi connectivity index (χ3n) is 2.58. The van der Waals surface area contributed by atoms with Crippen molar-refractivity contribution in [2.75, 3.05) is 7.05 Å². The summed E-state index contributed by atoms with van der Waals surface area (Å²) in [6.45, 7) is 3.86. The van der Waals surface area contributed by atoms with Gasteiger partial charge in [0.25, 0.3) is 0 Å². The molecule has 0 aromatic carbocycles. The minimum Gasteiger partial charge on any atom is -0.480 e. The predicted octanol–water partition coefficient (Wildman–Crippen LogP) is 2.00. The quantitative estimate of drug-likeness (QED) is 0.837. The Morgan fingerprint density at radius 2 is 2.40 bits per heavy atom. The van der Waals surface area contributed by atoms with Crippen molar-refractivity contribution >= 4 is 17.3 Å². The second kappa shape index (κ2) is 5.23. The number of aromatic nitrogens is 1. The van der Waals surface area contributed by atoms with Crippen molar-refractivity contribution in [1.29, 1.82) is 0 Å². The van der Waals surface area contributed by atoms with Crippen LogP contribution in [0.4, 0.5) is 0 Å². The van der Waals surface area contributed by atoms with Crippen molar-refractivity contribution in [3.05, 3.63) is 16.6 Å². The van der Waals surface area contributed by atoms with Gasteiger partial charge in [-0.05, 0) is 20.4 Å². The molecule has 1 rings (SSSR count).